The van der Waals surface area contributed by atoms with E-state index in [4.69, 9.17) is 4.74 Å². The van der Waals surface area contributed by atoms with E-state index in [0.29, 0.717) is 13.1 Å². The first-order valence-electron chi connectivity index (χ1n) is 10.2. The molecular formula is C22H30N4O2. The number of pyridine rings is 1. The van der Waals surface area contributed by atoms with Crippen molar-refractivity contribution in [2.24, 2.45) is 0 Å². The van der Waals surface area contributed by atoms with Crippen molar-refractivity contribution in [1.29, 1.82) is 0 Å². The molecule has 3 heterocycles. The summed E-state index contributed by atoms with van der Waals surface area (Å²) < 4.78 is 5.43. The Balaban J connectivity index is 1.26. The summed E-state index contributed by atoms with van der Waals surface area (Å²) in [7, 11) is 0. The summed E-state index contributed by atoms with van der Waals surface area (Å²) >= 11 is 0. The molecule has 28 heavy (non-hydrogen) atoms. The lowest BCUT2D eigenvalue weighted by atomic mass is 10.0. The second-order valence-corrected chi connectivity index (χ2v) is 7.90. The van der Waals surface area contributed by atoms with Crippen LogP contribution in [0.3, 0.4) is 0 Å². The normalized spacial score (nSPS) is 23.2. The third-order valence-corrected chi connectivity index (χ3v) is 5.59. The van der Waals surface area contributed by atoms with E-state index in [1.54, 1.807) is 6.20 Å². The van der Waals surface area contributed by atoms with Gasteiger partial charge in [0.05, 0.1) is 18.8 Å². The Bertz CT molecular complexity index is 751. The molecule has 0 radical (unpaired) electrons. The molecule has 1 atom stereocenters. The highest BCUT2D eigenvalue weighted by Gasteiger charge is 2.36. The maximum atomic E-state index is 10.9. The van der Waals surface area contributed by atoms with Crippen molar-refractivity contribution < 1.29 is 9.84 Å². The van der Waals surface area contributed by atoms with E-state index in [0.717, 1.165) is 58.2 Å². The molecule has 0 saturated carbocycles. The maximum absolute atomic E-state index is 10.9. The first-order chi connectivity index (χ1) is 13.7. The number of aromatic nitrogens is 1. The minimum atomic E-state index is -0.705. The number of hydrogen-bond donors (Lipinski definition) is 2. The quantitative estimate of drug-likeness (QED) is 0.759. The zero-order valence-electron chi connectivity index (χ0n) is 16.4. The van der Waals surface area contributed by atoms with Crippen LogP contribution in [0.2, 0.25) is 0 Å². The summed E-state index contributed by atoms with van der Waals surface area (Å²) in [5.74, 6) is 0.939. The van der Waals surface area contributed by atoms with Gasteiger partial charge in [-0.25, -0.2) is 4.98 Å². The van der Waals surface area contributed by atoms with Gasteiger partial charge in [-0.05, 0) is 29.7 Å². The highest BCUT2D eigenvalue weighted by Crippen LogP contribution is 2.24. The number of aliphatic hydroxyl groups is 1. The zero-order chi connectivity index (χ0) is 19.2. The fourth-order valence-corrected chi connectivity index (χ4v) is 4.03. The molecule has 6 nitrogen and oxygen atoms in total. The third kappa shape index (κ3) is 5.08. The fourth-order valence-electron chi connectivity index (χ4n) is 4.03. The van der Waals surface area contributed by atoms with E-state index in [1.165, 1.54) is 11.1 Å². The Morgan fingerprint density at radius 1 is 1.07 bits per heavy atom. The summed E-state index contributed by atoms with van der Waals surface area (Å²) in [6, 6.07) is 14.6. The topological polar surface area (TPSA) is 60.9 Å². The molecular weight excluding hydrogens is 352 g/mol. The van der Waals surface area contributed by atoms with Crippen LogP contribution in [0.25, 0.3) is 0 Å². The molecule has 0 amide bonds. The molecule has 1 aromatic carbocycles. The van der Waals surface area contributed by atoms with Crippen LogP contribution in [0.5, 0.6) is 0 Å². The predicted octanol–water partition coefficient (Wildman–Crippen LogP) is 1.64. The van der Waals surface area contributed by atoms with Gasteiger partial charge in [0.25, 0.3) is 0 Å². The second-order valence-electron chi connectivity index (χ2n) is 7.90. The van der Waals surface area contributed by atoms with Crippen LogP contribution in [0.1, 0.15) is 17.5 Å². The monoisotopic (exact) mass is 382 g/mol. The number of morpholine rings is 1. The molecule has 0 bridgehead atoms. The van der Waals surface area contributed by atoms with E-state index < -0.39 is 5.60 Å². The summed E-state index contributed by atoms with van der Waals surface area (Å²) in [4.78, 5) is 8.99. The van der Waals surface area contributed by atoms with Crippen molar-refractivity contribution in [3.05, 3.63) is 59.8 Å². The lowest BCUT2D eigenvalue weighted by Gasteiger charge is -2.26. The molecule has 2 aliphatic heterocycles. The van der Waals surface area contributed by atoms with Crippen LogP contribution in [-0.2, 0) is 17.8 Å². The number of ether oxygens (including phenoxy) is 1. The first kappa shape index (κ1) is 19.3. The number of nitrogens with one attached hydrogen (secondary N) is 1. The van der Waals surface area contributed by atoms with E-state index >= 15 is 0 Å². The Morgan fingerprint density at radius 3 is 2.75 bits per heavy atom. The van der Waals surface area contributed by atoms with Crippen molar-refractivity contribution in [2.45, 2.75) is 25.1 Å². The van der Waals surface area contributed by atoms with Crippen LogP contribution in [0, 0.1) is 0 Å². The molecule has 2 N–H and O–H groups in total. The number of benzene rings is 1. The van der Waals surface area contributed by atoms with Gasteiger partial charge < -0.3 is 20.1 Å². The molecule has 2 aliphatic rings. The lowest BCUT2D eigenvalue weighted by Crippen LogP contribution is -2.43. The van der Waals surface area contributed by atoms with Crippen LogP contribution in [-0.4, -0.2) is 66.5 Å². The fraction of sp³-hybridized carbons (Fsp3) is 0.500. The number of nitrogens with zero attached hydrogens (tertiary/aromatic N) is 3. The van der Waals surface area contributed by atoms with Gasteiger partial charge in [0, 0.05) is 52.0 Å². The first-order valence-corrected chi connectivity index (χ1v) is 10.2. The van der Waals surface area contributed by atoms with Gasteiger partial charge in [-0.1, -0.05) is 30.3 Å². The smallest absolute Gasteiger partial charge is 0.128 e. The number of rotatable bonds is 7. The second kappa shape index (κ2) is 9.01. The highest BCUT2D eigenvalue weighted by molar-refractivity contribution is 5.40. The van der Waals surface area contributed by atoms with Crippen molar-refractivity contribution in [1.82, 2.24) is 15.2 Å². The van der Waals surface area contributed by atoms with E-state index in [9.17, 15) is 5.11 Å². The van der Waals surface area contributed by atoms with Gasteiger partial charge in [0.2, 0.25) is 0 Å². The summed E-state index contributed by atoms with van der Waals surface area (Å²) in [5.41, 5.74) is 1.89. The Hall–Kier alpha value is -1.99. The summed E-state index contributed by atoms with van der Waals surface area (Å²) in [6.45, 7) is 7.45. The predicted molar refractivity (Wildman–Crippen MR) is 110 cm³/mol. The van der Waals surface area contributed by atoms with Gasteiger partial charge in [0.1, 0.15) is 5.82 Å². The number of anilines is 1. The minimum absolute atomic E-state index is 0.587. The molecule has 0 aliphatic carbocycles. The zero-order valence-corrected chi connectivity index (χ0v) is 16.4. The maximum Gasteiger partial charge on any atom is 0.128 e. The largest absolute Gasteiger partial charge is 0.387 e. The van der Waals surface area contributed by atoms with Crippen molar-refractivity contribution in [2.75, 3.05) is 50.8 Å². The molecule has 150 valence electrons. The lowest BCUT2D eigenvalue weighted by molar-refractivity contribution is 0.0342. The van der Waals surface area contributed by atoms with Crippen LogP contribution < -0.4 is 10.2 Å². The Morgan fingerprint density at radius 2 is 1.93 bits per heavy atom. The Labute approximate surface area is 167 Å². The van der Waals surface area contributed by atoms with Crippen LogP contribution in [0.4, 0.5) is 5.82 Å². The van der Waals surface area contributed by atoms with Crippen molar-refractivity contribution in [3.8, 4) is 0 Å². The third-order valence-electron chi connectivity index (χ3n) is 5.59. The number of β-amino-alcohol motifs (C(OH)–C–C–N with tert-alkyl or cyclic N) is 1. The number of hydrogen-bond acceptors (Lipinski definition) is 6. The van der Waals surface area contributed by atoms with Gasteiger partial charge in [-0.2, -0.15) is 0 Å². The summed E-state index contributed by atoms with van der Waals surface area (Å²) in [5, 5.41) is 14.4. The molecule has 4 rings (SSSR count). The van der Waals surface area contributed by atoms with E-state index in [2.05, 4.69) is 44.4 Å². The molecule has 1 aromatic heterocycles. The molecule has 0 unspecified atom stereocenters. The Kier molecular flexibility index (Phi) is 6.22. The van der Waals surface area contributed by atoms with Crippen LogP contribution in [0.15, 0.2) is 48.7 Å². The average Bonchev–Trinajstić information content (AvgIpc) is 3.12. The summed E-state index contributed by atoms with van der Waals surface area (Å²) in [6.07, 6.45) is 2.56. The van der Waals surface area contributed by atoms with Gasteiger partial charge in [-0.15, -0.1) is 0 Å². The standard InChI is InChI=1S/C22H30N4O2/c27-22(7-9-26(18-22)21-6-1-2-8-24-21)17-23-15-19-4-3-5-20(14-19)16-25-10-12-28-13-11-25/h1-6,8,14,23,27H,7,9-13,15-18H2/t22-/m1/s1. The highest BCUT2D eigenvalue weighted by atomic mass is 16.5. The molecule has 0 spiro atoms. The van der Waals surface area contributed by atoms with E-state index in [1.807, 2.05) is 18.2 Å². The molecule has 2 saturated heterocycles. The van der Waals surface area contributed by atoms with E-state index in [-0.39, 0.29) is 0 Å². The van der Waals surface area contributed by atoms with Gasteiger partial charge >= 0.3 is 0 Å². The molecule has 6 heteroatoms. The SMILES string of the molecule is O[C@@]1(CNCc2cccc(CN3CCOCC3)c2)CCN(c2ccccn2)C1. The minimum Gasteiger partial charge on any atom is -0.387 e. The van der Waals surface area contributed by atoms with Gasteiger partial charge in [-0.3, -0.25) is 4.90 Å². The average molecular weight is 383 g/mol. The molecule has 2 fully saturated rings. The van der Waals surface area contributed by atoms with Crippen molar-refractivity contribution in [3.63, 3.8) is 0 Å². The molecule has 2 aromatic rings. The van der Waals surface area contributed by atoms with Crippen molar-refractivity contribution >= 4 is 5.82 Å². The van der Waals surface area contributed by atoms with Gasteiger partial charge in [0.15, 0.2) is 0 Å². The van der Waals surface area contributed by atoms with Crippen LogP contribution >= 0.6 is 0 Å².